The number of aromatic carboxylic acids is 1. The van der Waals surface area contributed by atoms with E-state index < -0.39 is 5.97 Å². The first kappa shape index (κ1) is 20.5. The van der Waals surface area contributed by atoms with E-state index in [2.05, 4.69) is 24.0 Å². The van der Waals surface area contributed by atoms with Crippen LogP contribution < -0.4 is 0 Å². The third-order valence-electron chi connectivity index (χ3n) is 5.06. The molecule has 156 valence electrons. The fourth-order valence-electron chi connectivity index (χ4n) is 3.56. The smallest absolute Gasteiger partial charge is 0.336 e. The molecule has 0 atom stereocenters. The minimum Gasteiger partial charge on any atom is -0.478 e. The van der Waals surface area contributed by atoms with Gasteiger partial charge in [0.25, 0.3) is 0 Å². The molecule has 0 aliphatic rings. The Morgan fingerprint density at radius 1 is 0.968 bits per heavy atom. The lowest BCUT2D eigenvalue weighted by molar-refractivity contribution is 0.0697. The van der Waals surface area contributed by atoms with Gasteiger partial charge in [0.1, 0.15) is 5.82 Å². The highest BCUT2D eigenvalue weighted by atomic mass is 16.4. The van der Waals surface area contributed by atoms with Crippen molar-refractivity contribution in [3.8, 4) is 11.3 Å². The first-order valence-corrected chi connectivity index (χ1v) is 10.4. The molecule has 2 aromatic heterocycles. The minimum atomic E-state index is -0.959. The number of aromatic nitrogens is 4. The standard InChI is InChI=1S/C25H24N4O2/c1-2-8-24-27-23(15-18-9-4-3-5-10-18)28-29(24)17-19-13-14-22(26-16-19)20-11-6-7-12-21(20)25(30)31/h3-7,9-14,16H,2,8,15,17H2,1H3,(H,30,31). The lowest BCUT2D eigenvalue weighted by atomic mass is 10.0. The van der Waals surface area contributed by atoms with Gasteiger partial charge in [-0.25, -0.2) is 14.5 Å². The van der Waals surface area contributed by atoms with Gasteiger partial charge >= 0.3 is 5.97 Å². The molecule has 4 aromatic rings. The van der Waals surface area contributed by atoms with Crippen LogP contribution in [0, 0.1) is 0 Å². The number of pyridine rings is 1. The Hall–Kier alpha value is -3.80. The van der Waals surface area contributed by atoms with Crippen molar-refractivity contribution in [2.75, 3.05) is 0 Å². The highest BCUT2D eigenvalue weighted by molar-refractivity contribution is 5.95. The van der Waals surface area contributed by atoms with Crippen LogP contribution in [0.15, 0.2) is 72.9 Å². The van der Waals surface area contributed by atoms with Crippen molar-refractivity contribution in [3.05, 3.63) is 101 Å². The van der Waals surface area contributed by atoms with Gasteiger partial charge < -0.3 is 5.11 Å². The molecule has 6 heteroatoms. The Labute approximate surface area is 181 Å². The van der Waals surface area contributed by atoms with Gasteiger partial charge in [-0.2, -0.15) is 5.10 Å². The van der Waals surface area contributed by atoms with Crippen LogP contribution in [-0.4, -0.2) is 30.8 Å². The molecule has 31 heavy (non-hydrogen) atoms. The SMILES string of the molecule is CCCc1nc(Cc2ccccc2)nn1Cc1ccc(-c2ccccc2C(=O)O)nc1. The monoisotopic (exact) mass is 412 g/mol. The van der Waals surface area contributed by atoms with E-state index in [1.165, 1.54) is 5.56 Å². The molecule has 4 rings (SSSR count). The number of hydrogen-bond acceptors (Lipinski definition) is 4. The largest absolute Gasteiger partial charge is 0.478 e. The summed E-state index contributed by atoms with van der Waals surface area (Å²) in [7, 11) is 0. The molecular formula is C25H24N4O2. The number of aryl methyl sites for hydroxylation is 1. The highest BCUT2D eigenvalue weighted by Crippen LogP contribution is 2.22. The summed E-state index contributed by atoms with van der Waals surface area (Å²) in [6, 6.07) is 20.9. The summed E-state index contributed by atoms with van der Waals surface area (Å²) in [5, 5.41) is 14.2. The van der Waals surface area contributed by atoms with Crippen molar-refractivity contribution in [1.82, 2.24) is 19.7 Å². The molecular weight excluding hydrogens is 388 g/mol. The van der Waals surface area contributed by atoms with Crippen LogP contribution >= 0.6 is 0 Å². The first-order valence-electron chi connectivity index (χ1n) is 10.4. The van der Waals surface area contributed by atoms with Gasteiger partial charge in [-0.05, 0) is 29.7 Å². The summed E-state index contributed by atoms with van der Waals surface area (Å²) in [6.07, 6.45) is 4.34. The molecule has 2 heterocycles. The second kappa shape index (κ2) is 9.34. The van der Waals surface area contributed by atoms with Crippen molar-refractivity contribution in [2.24, 2.45) is 0 Å². The predicted molar refractivity (Wildman–Crippen MR) is 119 cm³/mol. The molecule has 2 aromatic carbocycles. The molecule has 0 amide bonds. The van der Waals surface area contributed by atoms with Gasteiger partial charge in [0.15, 0.2) is 5.82 Å². The van der Waals surface area contributed by atoms with Gasteiger partial charge in [0.2, 0.25) is 0 Å². The molecule has 0 unspecified atom stereocenters. The molecule has 6 nitrogen and oxygen atoms in total. The Kier molecular flexibility index (Phi) is 6.17. The molecule has 0 saturated heterocycles. The summed E-state index contributed by atoms with van der Waals surface area (Å²) in [6.45, 7) is 2.71. The van der Waals surface area contributed by atoms with E-state index in [4.69, 9.17) is 10.1 Å². The van der Waals surface area contributed by atoms with E-state index in [0.717, 1.165) is 30.1 Å². The van der Waals surface area contributed by atoms with E-state index in [-0.39, 0.29) is 5.56 Å². The summed E-state index contributed by atoms with van der Waals surface area (Å²) < 4.78 is 1.95. The molecule has 0 spiro atoms. The lowest BCUT2D eigenvalue weighted by Crippen LogP contribution is -2.07. The maximum atomic E-state index is 11.5. The highest BCUT2D eigenvalue weighted by Gasteiger charge is 2.13. The van der Waals surface area contributed by atoms with E-state index in [9.17, 15) is 9.90 Å². The average molecular weight is 412 g/mol. The molecule has 0 radical (unpaired) electrons. The Morgan fingerprint density at radius 3 is 2.45 bits per heavy atom. The number of carboxylic acids is 1. The van der Waals surface area contributed by atoms with Crippen molar-refractivity contribution in [3.63, 3.8) is 0 Å². The number of hydrogen-bond donors (Lipinski definition) is 1. The molecule has 0 bridgehead atoms. The second-order valence-electron chi connectivity index (χ2n) is 7.42. The van der Waals surface area contributed by atoms with Gasteiger partial charge in [0.05, 0.1) is 17.8 Å². The summed E-state index contributed by atoms with van der Waals surface area (Å²) in [4.78, 5) is 20.8. The van der Waals surface area contributed by atoms with Gasteiger partial charge in [-0.15, -0.1) is 0 Å². The van der Waals surface area contributed by atoms with Crippen LogP contribution in [0.2, 0.25) is 0 Å². The summed E-state index contributed by atoms with van der Waals surface area (Å²) in [5.74, 6) is 0.822. The Balaban J connectivity index is 1.56. The normalized spacial score (nSPS) is 10.9. The van der Waals surface area contributed by atoms with Crippen LogP contribution in [0.5, 0.6) is 0 Å². The van der Waals surface area contributed by atoms with E-state index in [0.29, 0.717) is 24.2 Å². The predicted octanol–water partition coefficient (Wildman–Crippen LogP) is 4.63. The van der Waals surface area contributed by atoms with Crippen LogP contribution in [0.25, 0.3) is 11.3 Å². The van der Waals surface area contributed by atoms with Crippen molar-refractivity contribution in [1.29, 1.82) is 0 Å². The third-order valence-corrected chi connectivity index (χ3v) is 5.06. The lowest BCUT2D eigenvalue weighted by Gasteiger charge is -2.08. The van der Waals surface area contributed by atoms with E-state index >= 15 is 0 Å². The van der Waals surface area contributed by atoms with E-state index in [1.807, 2.05) is 41.1 Å². The fourth-order valence-corrected chi connectivity index (χ4v) is 3.56. The number of carbonyl (C=O) groups is 1. The van der Waals surface area contributed by atoms with Gasteiger partial charge in [0, 0.05) is 24.6 Å². The van der Waals surface area contributed by atoms with Crippen molar-refractivity contribution >= 4 is 5.97 Å². The Morgan fingerprint density at radius 2 is 1.74 bits per heavy atom. The maximum absolute atomic E-state index is 11.5. The molecule has 0 aliphatic carbocycles. The molecule has 0 saturated carbocycles. The topological polar surface area (TPSA) is 80.9 Å². The number of carboxylic acid groups (broad SMARTS) is 1. The Bertz CT molecular complexity index is 1170. The zero-order chi connectivity index (χ0) is 21.6. The van der Waals surface area contributed by atoms with Gasteiger partial charge in [-0.1, -0.05) is 61.5 Å². The number of benzene rings is 2. The second-order valence-corrected chi connectivity index (χ2v) is 7.42. The van der Waals surface area contributed by atoms with Crippen LogP contribution in [0.4, 0.5) is 0 Å². The zero-order valence-electron chi connectivity index (χ0n) is 17.4. The summed E-state index contributed by atoms with van der Waals surface area (Å²) >= 11 is 0. The van der Waals surface area contributed by atoms with E-state index in [1.54, 1.807) is 24.4 Å². The first-order chi connectivity index (χ1) is 15.1. The van der Waals surface area contributed by atoms with Crippen molar-refractivity contribution in [2.45, 2.75) is 32.7 Å². The fraction of sp³-hybridized carbons (Fsp3) is 0.200. The third kappa shape index (κ3) is 4.86. The maximum Gasteiger partial charge on any atom is 0.336 e. The van der Waals surface area contributed by atoms with Crippen LogP contribution in [0.3, 0.4) is 0 Å². The minimum absolute atomic E-state index is 0.245. The van der Waals surface area contributed by atoms with Crippen molar-refractivity contribution < 1.29 is 9.90 Å². The average Bonchev–Trinajstić information content (AvgIpc) is 3.16. The molecule has 0 fully saturated rings. The zero-order valence-corrected chi connectivity index (χ0v) is 17.4. The molecule has 1 N–H and O–H groups in total. The van der Waals surface area contributed by atoms with Gasteiger partial charge in [-0.3, -0.25) is 4.98 Å². The number of nitrogens with zero attached hydrogens (tertiary/aromatic N) is 4. The van der Waals surface area contributed by atoms with Crippen LogP contribution in [0.1, 0.15) is 46.5 Å². The number of rotatable bonds is 8. The molecule has 0 aliphatic heterocycles. The quantitative estimate of drug-likeness (QED) is 0.456. The summed E-state index contributed by atoms with van der Waals surface area (Å²) in [5.41, 5.74) is 3.67. The van der Waals surface area contributed by atoms with Crippen LogP contribution in [-0.2, 0) is 19.4 Å².